The molecule has 1 fully saturated rings. The molecule has 1 aromatic rings. The van der Waals surface area contributed by atoms with Crippen LogP contribution in [-0.4, -0.2) is 50.9 Å². The van der Waals surface area contributed by atoms with Crippen LogP contribution in [-0.2, 0) is 4.74 Å². The maximum atomic E-state index is 6.02. The van der Waals surface area contributed by atoms with Crippen LogP contribution in [0, 0.1) is 0 Å². The number of rotatable bonds is 7. The quantitative estimate of drug-likeness (QED) is 0.837. The number of likely N-dealkylation sites (N-methyl/N-ethyl adjacent to an activating group) is 1. The lowest BCUT2D eigenvalue weighted by atomic mass is 9.99. The SMILES string of the molecule is CCCN1CCOC(C(NC)c2cccc(OCC)c2)C1. The zero-order chi connectivity index (χ0) is 15.1. The van der Waals surface area contributed by atoms with Crippen molar-refractivity contribution in [1.82, 2.24) is 10.2 Å². The molecule has 118 valence electrons. The van der Waals surface area contributed by atoms with Crippen molar-refractivity contribution in [1.29, 1.82) is 0 Å². The highest BCUT2D eigenvalue weighted by atomic mass is 16.5. The van der Waals surface area contributed by atoms with E-state index in [0.29, 0.717) is 6.61 Å². The molecule has 0 aromatic heterocycles. The fourth-order valence-electron chi connectivity index (χ4n) is 2.98. The van der Waals surface area contributed by atoms with Crippen LogP contribution in [0.1, 0.15) is 31.9 Å². The average molecular weight is 292 g/mol. The summed E-state index contributed by atoms with van der Waals surface area (Å²) >= 11 is 0. The summed E-state index contributed by atoms with van der Waals surface area (Å²) < 4.78 is 11.6. The first-order valence-electron chi connectivity index (χ1n) is 8.02. The molecule has 21 heavy (non-hydrogen) atoms. The molecule has 1 aliphatic heterocycles. The van der Waals surface area contributed by atoms with Crippen molar-refractivity contribution < 1.29 is 9.47 Å². The second kappa shape index (κ2) is 8.37. The predicted molar refractivity (Wildman–Crippen MR) is 85.9 cm³/mol. The van der Waals surface area contributed by atoms with Gasteiger partial charge < -0.3 is 14.8 Å². The maximum absolute atomic E-state index is 6.02. The van der Waals surface area contributed by atoms with E-state index in [1.54, 1.807) is 0 Å². The first-order chi connectivity index (χ1) is 10.3. The Morgan fingerprint density at radius 3 is 3.00 bits per heavy atom. The van der Waals surface area contributed by atoms with E-state index in [4.69, 9.17) is 9.47 Å². The lowest BCUT2D eigenvalue weighted by Gasteiger charge is -2.37. The van der Waals surface area contributed by atoms with Crippen LogP contribution < -0.4 is 10.1 Å². The molecule has 1 heterocycles. The summed E-state index contributed by atoms with van der Waals surface area (Å²) in [7, 11) is 2.00. The summed E-state index contributed by atoms with van der Waals surface area (Å²) in [6.45, 7) is 8.92. The fourth-order valence-corrected chi connectivity index (χ4v) is 2.98. The van der Waals surface area contributed by atoms with Crippen LogP contribution in [0.15, 0.2) is 24.3 Å². The molecule has 1 aliphatic rings. The number of hydrogen-bond acceptors (Lipinski definition) is 4. The van der Waals surface area contributed by atoms with E-state index in [9.17, 15) is 0 Å². The number of benzene rings is 1. The summed E-state index contributed by atoms with van der Waals surface area (Å²) in [6.07, 6.45) is 1.38. The predicted octanol–water partition coefficient (Wildman–Crippen LogP) is 2.46. The van der Waals surface area contributed by atoms with Gasteiger partial charge in [0.2, 0.25) is 0 Å². The number of ether oxygens (including phenoxy) is 2. The highest BCUT2D eigenvalue weighted by Crippen LogP contribution is 2.25. The van der Waals surface area contributed by atoms with Gasteiger partial charge in [0, 0.05) is 13.1 Å². The molecule has 4 nitrogen and oxygen atoms in total. The van der Waals surface area contributed by atoms with Crippen LogP contribution in [0.25, 0.3) is 0 Å². The summed E-state index contributed by atoms with van der Waals surface area (Å²) in [4.78, 5) is 2.49. The molecule has 0 saturated carbocycles. The summed E-state index contributed by atoms with van der Waals surface area (Å²) in [5.41, 5.74) is 1.23. The molecular formula is C17H28N2O2. The van der Waals surface area contributed by atoms with Gasteiger partial charge in [-0.3, -0.25) is 4.90 Å². The van der Waals surface area contributed by atoms with Crippen molar-refractivity contribution in [2.45, 2.75) is 32.4 Å². The Balaban J connectivity index is 2.09. The van der Waals surface area contributed by atoms with E-state index in [0.717, 1.165) is 32.0 Å². The van der Waals surface area contributed by atoms with Gasteiger partial charge in [-0.25, -0.2) is 0 Å². The Bertz CT molecular complexity index is 423. The monoisotopic (exact) mass is 292 g/mol. The van der Waals surface area contributed by atoms with E-state index in [-0.39, 0.29) is 12.1 Å². The largest absolute Gasteiger partial charge is 0.494 e. The highest BCUT2D eigenvalue weighted by molar-refractivity contribution is 5.31. The van der Waals surface area contributed by atoms with Gasteiger partial charge in [-0.1, -0.05) is 19.1 Å². The van der Waals surface area contributed by atoms with Crippen LogP contribution in [0.5, 0.6) is 5.75 Å². The summed E-state index contributed by atoms with van der Waals surface area (Å²) in [5, 5.41) is 3.41. The van der Waals surface area contributed by atoms with Gasteiger partial charge in [-0.05, 0) is 44.6 Å². The molecule has 1 aromatic carbocycles. The lowest BCUT2D eigenvalue weighted by Crippen LogP contribution is -2.47. The van der Waals surface area contributed by atoms with Crippen molar-refractivity contribution in [3.05, 3.63) is 29.8 Å². The van der Waals surface area contributed by atoms with Gasteiger partial charge >= 0.3 is 0 Å². The van der Waals surface area contributed by atoms with Crippen LogP contribution >= 0.6 is 0 Å². The molecule has 2 atom stereocenters. The van der Waals surface area contributed by atoms with E-state index in [1.807, 2.05) is 20.0 Å². The minimum absolute atomic E-state index is 0.187. The standard InChI is InChI=1S/C17H28N2O2/c1-4-9-19-10-11-21-16(13-19)17(18-3)14-7-6-8-15(12-14)20-5-2/h6-8,12,16-18H,4-5,9-11,13H2,1-3H3. The van der Waals surface area contributed by atoms with Gasteiger partial charge in [0.1, 0.15) is 5.75 Å². The Hall–Kier alpha value is -1.10. The molecule has 0 spiro atoms. The normalized spacial score (nSPS) is 21.2. The second-order valence-corrected chi connectivity index (χ2v) is 5.48. The molecule has 4 heteroatoms. The van der Waals surface area contributed by atoms with E-state index >= 15 is 0 Å². The third kappa shape index (κ3) is 4.43. The van der Waals surface area contributed by atoms with Crippen molar-refractivity contribution in [2.75, 3.05) is 39.9 Å². The summed E-state index contributed by atoms with van der Waals surface area (Å²) in [5.74, 6) is 0.927. The van der Waals surface area contributed by atoms with Crippen molar-refractivity contribution in [2.24, 2.45) is 0 Å². The zero-order valence-electron chi connectivity index (χ0n) is 13.5. The topological polar surface area (TPSA) is 33.7 Å². The molecule has 2 unspecified atom stereocenters. The fraction of sp³-hybridized carbons (Fsp3) is 0.647. The Morgan fingerprint density at radius 1 is 1.43 bits per heavy atom. The minimum atomic E-state index is 0.187. The van der Waals surface area contributed by atoms with Crippen molar-refractivity contribution >= 4 is 0 Å². The number of morpholine rings is 1. The Labute approximate surface area is 128 Å². The molecule has 1 saturated heterocycles. The van der Waals surface area contributed by atoms with Crippen LogP contribution in [0.4, 0.5) is 0 Å². The molecule has 0 amide bonds. The smallest absolute Gasteiger partial charge is 0.119 e. The van der Waals surface area contributed by atoms with E-state index < -0.39 is 0 Å². The first-order valence-corrected chi connectivity index (χ1v) is 8.02. The zero-order valence-corrected chi connectivity index (χ0v) is 13.5. The van der Waals surface area contributed by atoms with Crippen molar-refractivity contribution in [3.63, 3.8) is 0 Å². The Kier molecular flexibility index (Phi) is 6.49. The second-order valence-electron chi connectivity index (χ2n) is 5.48. The van der Waals surface area contributed by atoms with Gasteiger partial charge in [0.05, 0.1) is 25.4 Å². The third-order valence-electron chi connectivity index (χ3n) is 3.93. The molecular weight excluding hydrogens is 264 g/mol. The number of nitrogens with one attached hydrogen (secondary N) is 1. The third-order valence-corrected chi connectivity index (χ3v) is 3.93. The van der Waals surface area contributed by atoms with E-state index in [1.165, 1.54) is 12.0 Å². The van der Waals surface area contributed by atoms with Gasteiger partial charge in [0.25, 0.3) is 0 Å². The van der Waals surface area contributed by atoms with Gasteiger partial charge in [0.15, 0.2) is 0 Å². The van der Waals surface area contributed by atoms with Crippen LogP contribution in [0.3, 0.4) is 0 Å². The first kappa shape index (κ1) is 16.3. The summed E-state index contributed by atoms with van der Waals surface area (Å²) in [6, 6.07) is 8.52. The molecule has 0 radical (unpaired) electrons. The minimum Gasteiger partial charge on any atom is -0.494 e. The average Bonchev–Trinajstić information content (AvgIpc) is 2.50. The maximum Gasteiger partial charge on any atom is 0.119 e. The molecule has 1 N–H and O–H groups in total. The molecule has 0 bridgehead atoms. The number of hydrogen-bond donors (Lipinski definition) is 1. The highest BCUT2D eigenvalue weighted by Gasteiger charge is 2.28. The number of nitrogens with zero attached hydrogens (tertiary/aromatic N) is 1. The van der Waals surface area contributed by atoms with Crippen LogP contribution in [0.2, 0.25) is 0 Å². The lowest BCUT2D eigenvalue weighted by molar-refractivity contribution is -0.0459. The molecule has 0 aliphatic carbocycles. The van der Waals surface area contributed by atoms with E-state index in [2.05, 4.69) is 35.3 Å². The molecule has 2 rings (SSSR count). The van der Waals surface area contributed by atoms with Crippen molar-refractivity contribution in [3.8, 4) is 5.75 Å². The van der Waals surface area contributed by atoms with Gasteiger partial charge in [-0.2, -0.15) is 0 Å². The van der Waals surface area contributed by atoms with Gasteiger partial charge in [-0.15, -0.1) is 0 Å². The Morgan fingerprint density at radius 2 is 2.29 bits per heavy atom.